The van der Waals surface area contributed by atoms with Crippen LogP contribution in [0.3, 0.4) is 0 Å². The number of benzene rings is 1. The Balaban J connectivity index is 1.70. The summed E-state index contributed by atoms with van der Waals surface area (Å²) in [5.74, 6) is 0.884. The van der Waals surface area contributed by atoms with E-state index in [-0.39, 0.29) is 0 Å². The quantitative estimate of drug-likeness (QED) is 0.839. The predicted octanol–water partition coefficient (Wildman–Crippen LogP) is 2.43. The summed E-state index contributed by atoms with van der Waals surface area (Å²) in [5.41, 5.74) is 1.45. The molecule has 0 amide bonds. The summed E-state index contributed by atoms with van der Waals surface area (Å²) < 4.78 is 0. The van der Waals surface area contributed by atoms with Gasteiger partial charge < -0.3 is 5.32 Å². The van der Waals surface area contributed by atoms with Crippen LogP contribution in [0.5, 0.6) is 0 Å². The Bertz CT molecular complexity index is 348. The van der Waals surface area contributed by atoms with Crippen molar-refractivity contribution in [1.29, 1.82) is 0 Å². The van der Waals surface area contributed by atoms with E-state index in [1.54, 1.807) is 0 Å². The van der Waals surface area contributed by atoms with Crippen LogP contribution in [-0.4, -0.2) is 30.6 Å². The Morgan fingerprint density at radius 3 is 2.82 bits per heavy atom. The molecule has 1 aromatic rings. The average molecular weight is 230 g/mol. The largest absolute Gasteiger partial charge is 0.312 e. The first kappa shape index (κ1) is 11.2. The highest BCUT2D eigenvalue weighted by molar-refractivity contribution is 5.19. The van der Waals surface area contributed by atoms with Crippen LogP contribution in [0.2, 0.25) is 0 Å². The van der Waals surface area contributed by atoms with Gasteiger partial charge in [-0.2, -0.15) is 0 Å². The molecule has 2 nitrogen and oxygen atoms in total. The van der Waals surface area contributed by atoms with Gasteiger partial charge in [0.2, 0.25) is 0 Å². The first-order chi connectivity index (χ1) is 8.34. The monoisotopic (exact) mass is 230 g/mol. The maximum atomic E-state index is 3.68. The molecule has 17 heavy (non-hydrogen) atoms. The number of nitrogens with one attached hydrogen (secondary N) is 1. The molecule has 2 aliphatic heterocycles. The Morgan fingerprint density at radius 2 is 2.06 bits per heavy atom. The Labute approximate surface area is 104 Å². The summed E-state index contributed by atoms with van der Waals surface area (Å²) in [5, 5.41) is 3.68. The molecular weight excluding hydrogens is 208 g/mol. The molecule has 2 heterocycles. The third kappa shape index (κ3) is 2.24. The minimum absolute atomic E-state index is 0.559. The van der Waals surface area contributed by atoms with Gasteiger partial charge in [0.25, 0.3) is 0 Å². The van der Waals surface area contributed by atoms with Gasteiger partial charge in [-0.25, -0.2) is 0 Å². The van der Waals surface area contributed by atoms with E-state index in [2.05, 4.69) is 47.5 Å². The number of hydrogen-bond donors (Lipinski definition) is 1. The van der Waals surface area contributed by atoms with E-state index < -0.39 is 0 Å². The number of fused-ring (bicyclic) bond motifs is 1. The second-order valence-electron chi connectivity index (χ2n) is 5.50. The van der Waals surface area contributed by atoms with Crippen molar-refractivity contribution >= 4 is 0 Å². The molecule has 2 fully saturated rings. The van der Waals surface area contributed by atoms with Crippen molar-refractivity contribution in [3.05, 3.63) is 35.9 Å². The van der Waals surface area contributed by atoms with E-state index in [0.717, 1.165) is 12.0 Å². The van der Waals surface area contributed by atoms with Crippen molar-refractivity contribution in [2.24, 2.45) is 5.92 Å². The molecule has 2 aliphatic rings. The lowest BCUT2D eigenvalue weighted by molar-refractivity contribution is 0.251. The third-order valence-electron chi connectivity index (χ3n) is 4.46. The van der Waals surface area contributed by atoms with Gasteiger partial charge in [-0.05, 0) is 37.8 Å². The number of hydrogen-bond acceptors (Lipinski definition) is 2. The van der Waals surface area contributed by atoms with Crippen LogP contribution in [0.25, 0.3) is 0 Å². The molecule has 2 unspecified atom stereocenters. The fourth-order valence-electron chi connectivity index (χ4n) is 3.34. The van der Waals surface area contributed by atoms with E-state index in [1.165, 1.54) is 38.0 Å². The fourth-order valence-corrected chi connectivity index (χ4v) is 3.34. The molecule has 3 atom stereocenters. The maximum absolute atomic E-state index is 3.68. The van der Waals surface area contributed by atoms with Crippen LogP contribution in [0, 0.1) is 5.92 Å². The number of likely N-dealkylation sites (tertiary alicyclic amines) is 1. The van der Waals surface area contributed by atoms with Crippen LogP contribution >= 0.6 is 0 Å². The second kappa shape index (κ2) is 4.79. The fraction of sp³-hybridized carbons (Fsp3) is 0.600. The summed E-state index contributed by atoms with van der Waals surface area (Å²) in [6.45, 7) is 6.05. The molecule has 0 bridgehead atoms. The van der Waals surface area contributed by atoms with Gasteiger partial charge in [0, 0.05) is 25.2 Å². The van der Waals surface area contributed by atoms with Crippen molar-refractivity contribution in [1.82, 2.24) is 10.2 Å². The highest BCUT2D eigenvalue weighted by atomic mass is 15.2. The van der Waals surface area contributed by atoms with E-state index in [0.29, 0.717) is 6.04 Å². The lowest BCUT2D eigenvalue weighted by atomic mass is 9.94. The van der Waals surface area contributed by atoms with Gasteiger partial charge in [-0.3, -0.25) is 4.90 Å². The SMILES string of the molecule is C[C@@H](c1ccccc1)N1CC2CCCNC2C1. The average Bonchev–Trinajstić information content (AvgIpc) is 2.82. The van der Waals surface area contributed by atoms with Crippen LogP contribution in [0.15, 0.2) is 30.3 Å². The van der Waals surface area contributed by atoms with Gasteiger partial charge in [-0.15, -0.1) is 0 Å². The molecule has 0 spiro atoms. The molecule has 1 aromatic carbocycles. The standard InChI is InChI=1S/C15H22N2/c1-12(13-6-3-2-4-7-13)17-10-14-8-5-9-16-15(14)11-17/h2-4,6-7,12,14-16H,5,8-11H2,1H3/t12-,14?,15?/m0/s1. The molecule has 0 radical (unpaired) electrons. The first-order valence-corrected chi connectivity index (χ1v) is 6.87. The Kier molecular flexibility index (Phi) is 3.17. The zero-order chi connectivity index (χ0) is 11.7. The maximum Gasteiger partial charge on any atom is 0.0320 e. The summed E-state index contributed by atoms with van der Waals surface area (Å²) >= 11 is 0. The zero-order valence-corrected chi connectivity index (χ0v) is 10.6. The first-order valence-electron chi connectivity index (χ1n) is 6.87. The number of piperidine rings is 1. The Morgan fingerprint density at radius 1 is 1.24 bits per heavy atom. The van der Waals surface area contributed by atoms with Gasteiger partial charge in [0.15, 0.2) is 0 Å². The molecule has 2 saturated heterocycles. The number of rotatable bonds is 2. The highest BCUT2D eigenvalue weighted by Gasteiger charge is 2.36. The van der Waals surface area contributed by atoms with Crippen LogP contribution < -0.4 is 5.32 Å². The molecule has 0 aromatic heterocycles. The molecule has 92 valence electrons. The highest BCUT2D eigenvalue weighted by Crippen LogP contribution is 2.31. The zero-order valence-electron chi connectivity index (χ0n) is 10.6. The summed E-state index contributed by atoms with van der Waals surface area (Å²) in [7, 11) is 0. The predicted molar refractivity (Wildman–Crippen MR) is 70.9 cm³/mol. The van der Waals surface area contributed by atoms with E-state index in [9.17, 15) is 0 Å². The molecule has 0 saturated carbocycles. The number of nitrogens with zero attached hydrogens (tertiary/aromatic N) is 1. The summed E-state index contributed by atoms with van der Waals surface area (Å²) in [4.78, 5) is 2.64. The molecular formula is C15H22N2. The van der Waals surface area contributed by atoms with E-state index in [1.807, 2.05) is 0 Å². The topological polar surface area (TPSA) is 15.3 Å². The molecule has 0 aliphatic carbocycles. The lowest BCUT2D eigenvalue weighted by Crippen LogP contribution is -2.40. The van der Waals surface area contributed by atoms with Gasteiger partial charge in [0.1, 0.15) is 0 Å². The minimum Gasteiger partial charge on any atom is -0.312 e. The normalized spacial score (nSPS) is 31.1. The van der Waals surface area contributed by atoms with Crippen molar-refractivity contribution in [2.75, 3.05) is 19.6 Å². The van der Waals surface area contributed by atoms with Crippen molar-refractivity contribution < 1.29 is 0 Å². The molecule has 2 heteroatoms. The Hall–Kier alpha value is -0.860. The van der Waals surface area contributed by atoms with Gasteiger partial charge in [-0.1, -0.05) is 30.3 Å². The molecule has 1 N–H and O–H groups in total. The van der Waals surface area contributed by atoms with E-state index >= 15 is 0 Å². The third-order valence-corrected chi connectivity index (χ3v) is 4.46. The van der Waals surface area contributed by atoms with Crippen LogP contribution in [0.4, 0.5) is 0 Å². The molecule has 3 rings (SSSR count). The summed E-state index contributed by atoms with van der Waals surface area (Å²) in [6.07, 6.45) is 2.77. The van der Waals surface area contributed by atoms with Crippen LogP contribution in [0.1, 0.15) is 31.4 Å². The van der Waals surface area contributed by atoms with Crippen LogP contribution in [-0.2, 0) is 0 Å². The van der Waals surface area contributed by atoms with Crippen molar-refractivity contribution in [2.45, 2.75) is 31.8 Å². The second-order valence-corrected chi connectivity index (χ2v) is 5.50. The summed E-state index contributed by atoms with van der Waals surface area (Å²) in [6, 6.07) is 12.2. The van der Waals surface area contributed by atoms with Gasteiger partial charge in [0.05, 0.1) is 0 Å². The smallest absolute Gasteiger partial charge is 0.0320 e. The van der Waals surface area contributed by atoms with E-state index in [4.69, 9.17) is 0 Å². The van der Waals surface area contributed by atoms with Gasteiger partial charge >= 0.3 is 0 Å². The minimum atomic E-state index is 0.559. The van der Waals surface area contributed by atoms with Crippen molar-refractivity contribution in [3.63, 3.8) is 0 Å². The van der Waals surface area contributed by atoms with Crippen molar-refractivity contribution in [3.8, 4) is 0 Å². The lowest BCUT2D eigenvalue weighted by Gasteiger charge is -2.25.